The quantitative estimate of drug-likeness (QED) is 0.765. The third kappa shape index (κ3) is 5.72. The van der Waals surface area contributed by atoms with Crippen molar-refractivity contribution in [3.8, 4) is 5.75 Å². The van der Waals surface area contributed by atoms with Crippen LogP contribution in [0.3, 0.4) is 0 Å². The van der Waals surface area contributed by atoms with Crippen molar-refractivity contribution in [1.82, 2.24) is 4.90 Å². The van der Waals surface area contributed by atoms with Crippen LogP contribution in [0.15, 0.2) is 24.3 Å². The van der Waals surface area contributed by atoms with E-state index in [1.165, 1.54) is 31.5 Å². The summed E-state index contributed by atoms with van der Waals surface area (Å²) in [6.07, 6.45) is 7.82. The van der Waals surface area contributed by atoms with Crippen molar-refractivity contribution in [3.63, 3.8) is 0 Å². The topological polar surface area (TPSA) is 32.7 Å². The highest BCUT2D eigenvalue weighted by atomic mass is 16.5. The molecule has 1 saturated heterocycles. The summed E-state index contributed by atoms with van der Waals surface area (Å²) in [4.78, 5) is 2.58. The first kappa shape index (κ1) is 18.7. The van der Waals surface area contributed by atoms with E-state index in [0.717, 1.165) is 56.9 Å². The highest BCUT2D eigenvalue weighted by Crippen LogP contribution is 2.38. The summed E-state index contributed by atoms with van der Waals surface area (Å²) >= 11 is 0. The van der Waals surface area contributed by atoms with E-state index in [1.54, 1.807) is 0 Å². The lowest BCUT2D eigenvalue weighted by atomic mass is 9.77. The Kier molecular flexibility index (Phi) is 6.40. The van der Waals surface area contributed by atoms with E-state index >= 15 is 0 Å². The predicted molar refractivity (Wildman–Crippen MR) is 103 cm³/mol. The number of ether oxygens (including phenoxy) is 1. The van der Waals surface area contributed by atoms with Gasteiger partial charge in [-0.25, -0.2) is 0 Å². The lowest BCUT2D eigenvalue weighted by Crippen LogP contribution is -2.35. The van der Waals surface area contributed by atoms with Crippen LogP contribution in [0.2, 0.25) is 0 Å². The number of hydrogen-bond donors (Lipinski definition) is 1. The van der Waals surface area contributed by atoms with Gasteiger partial charge in [0.2, 0.25) is 0 Å². The number of piperidine rings is 1. The van der Waals surface area contributed by atoms with Crippen LogP contribution < -0.4 is 4.74 Å². The zero-order valence-electron chi connectivity index (χ0n) is 16.0. The molecule has 1 aromatic rings. The molecule has 1 aliphatic heterocycles. The molecule has 0 spiro atoms. The summed E-state index contributed by atoms with van der Waals surface area (Å²) in [5.41, 5.74) is 0.941. The van der Waals surface area contributed by atoms with E-state index in [2.05, 4.69) is 36.1 Å². The Bertz CT molecular complexity index is 515. The molecule has 1 saturated carbocycles. The molecule has 25 heavy (non-hydrogen) atoms. The van der Waals surface area contributed by atoms with E-state index in [0.29, 0.717) is 5.92 Å². The lowest BCUT2D eigenvalue weighted by molar-refractivity contribution is 0.0172. The van der Waals surface area contributed by atoms with E-state index in [1.807, 2.05) is 6.92 Å². The SMILES string of the molecule is C[C@H]1CCCN(CCCOc2ccc(C3CCC(C)(O)CC3)cc2)C1. The smallest absolute Gasteiger partial charge is 0.119 e. The minimum absolute atomic E-state index is 0.453. The number of rotatable bonds is 6. The van der Waals surface area contributed by atoms with Gasteiger partial charge in [-0.2, -0.15) is 0 Å². The summed E-state index contributed by atoms with van der Waals surface area (Å²) in [5.74, 6) is 2.43. The molecule has 3 heteroatoms. The summed E-state index contributed by atoms with van der Waals surface area (Å²) < 4.78 is 5.93. The van der Waals surface area contributed by atoms with Gasteiger partial charge >= 0.3 is 0 Å². The van der Waals surface area contributed by atoms with Crippen molar-refractivity contribution >= 4 is 0 Å². The highest BCUT2D eigenvalue weighted by molar-refractivity contribution is 5.29. The van der Waals surface area contributed by atoms with Crippen LogP contribution in [0.1, 0.15) is 70.3 Å². The molecule has 0 bridgehead atoms. The molecule has 1 N–H and O–H groups in total. The molecule has 0 aromatic heterocycles. The third-order valence-electron chi connectivity index (χ3n) is 6.04. The van der Waals surface area contributed by atoms with Crippen molar-refractivity contribution in [3.05, 3.63) is 29.8 Å². The fraction of sp³-hybridized carbons (Fsp3) is 0.727. The monoisotopic (exact) mass is 345 g/mol. The first-order valence-corrected chi connectivity index (χ1v) is 10.2. The predicted octanol–water partition coefficient (Wildman–Crippen LogP) is 4.60. The standard InChI is InChI=1S/C22H35NO2/c1-18-5-3-14-23(17-18)15-4-16-25-21-8-6-19(7-9-21)20-10-12-22(2,24)13-11-20/h6-9,18,20,24H,3-5,10-17H2,1-2H3/t18-,20?,22?/m0/s1. The molecule has 1 atom stereocenters. The average Bonchev–Trinajstić information content (AvgIpc) is 2.60. The maximum Gasteiger partial charge on any atom is 0.119 e. The van der Waals surface area contributed by atoms with E-state index in [9.17, 15) is 5.11 Å². The normalized spacial score (nSPS) is 31.0. The van der Waals surface area contributed by atoms with Crippen LogP contribution >= 0.6 is 0 Å². The Balaban J connectivity index is 1.38. The second kappa shape index (κ2) is 8.55. The molecule has 2 fully saturated rings. The number of benzene rings is 1. The van der Waals surface area contributed by atoms with Crippen LogP contribution in [0, 0.1) is 5.92 Å². The fourth-order valence-corrected chi connectivity index (χ4v) is 4.38. The Morgan fingerprint density at radius 1 is 1.16 bits per heavy atom. The molecule has 0 amide bonds. The Morgan fingerprint density at radius 3 is 2.56 bits per heavy atom. The fourth-order valence-electron chi connectivity index (χ4n) is 4.38. The van der Waals surface area contributed by atoms with Gasteiger partial charge in [0, 0.05) is 13.1 Å². The molecule has 2 aliphatic rings. The first-order valence-electron chi connectivity index (χ1n) is 10.2. The second-order valence-corrected chi connectivity index (χ2v) is 8.59. The van der Waals surface area contributed by atoms with Gasteiger partial charge in [-0.1, -0.05) is 19.1 Å². The van der Waals surface area contributed by atoms with E-state index in [-0.39, 0.29) is 0 Å². The van der Waals surface area contributed by atoms with E-state index in [4.69, 9.17) is 4.74 Å². The van der Waals surface area contributed by atoms with Crippen LogP contribution in [0.5, 0.6) is 5.75 Å². The summed E-state index contributed by atoms with van der Waals surface area (Å²) in [6, 6.07) is 8.66. The highest BCUT2D eigenvalue weighted by Gasteiger charge is 2.29. The van der Waals surface area contributed by atoms with Crippen molar-refractivity contribution in [2.75, 3.05) is 26.2 Å². The number of nitrogens with zero attached hydrogens (tertiary/aromatic N) is 1. The molecular formula is C22H35NO2. The zero-order chi connectivity index (χ0) is 17.7. The van der Waals surface area contributed by atoms with Crippen molar-refractivity contribution < 1.29 is 9.84 Å². The molecule has 3 rings (SSSR count). The van der Waals surface area contributed by atoms with Crippen LogP contribution in [0.25, 0.3) is 0 Å². The van der Waals surface area contributed by atoms with Crippen molar-refractivity contribution in [1.29, 1.82) is 0 Å². The van der Waals surface area contributed by atoms with Gasteiger partial charge in [0.25, 0.3) is 0 Å². The zero-order valence-corrected chi connectivity index (χ0v) is 16.0. The Hall–Kier alpha value is -1.06. The summed E-state index contributed by atoms with van der Waals surface area (Å²) in [5, 5.41) is 10.1. The number of aliphatic hydroxyl groups is 1. The number of hydrogen-bond acceptors (Lipinski definition) is 3. The number of likely N-dealkylation sites (tertiary alicyclic amines) is 1. The maximum absolute atomic E-state index is 10.1. The van der Waals surface area contributed by atoms with Gasteiger partial charge in [-0.15, -0.1) is 0 Å². The van der Waals surface area contributed by atoms with Gasteiger partial charge in [0.1, 0.15) is 5.75 Å². The van der Waals surface area contributed by atoms with Gasteiger partial charge in [-0.3, -0.25) is 0 Å². The molecule has 0 radical (unpaired) electrons. The van der Waals surface area contributed by atoms with Crippen LogP contribution in [0.4, 0.5) is 0 Å². The van der Waals surface area contributed by atoms with Gasteiger partial charge in [0.05, 0.1) is 12.2 Å². The first-order chi connectivity index (χ1) is 12.0. The molecule has 1 aliphatic carbocycles. The van der Waals surface area contributed by atoms with Crippen molar-refractivity contribution in [2.45, 2.75) is 70.3 Å². The van der Waals surface area contributed by atoms with Gasteiger partial charge < -0.3 is 14.7 Å². The minimum atomic E-state index is -0.453. The average molecular weight is 346 g/mol. The third-order valence-corrected chi connectivity index (χ3v) is 6.04. The molecule has 140 valence electrons. The molecule has 3 nitrogen and oxygen atoms in total. The lowest BCUT2D eigenvalue weighted by Gasteiger charge is -2.33. The van der Waals surface area contributed by atoms with Crippen LogP contribution in [-0.2, 0) is 0 Å². The summed E-state index contributed by atoms with van der Waals surface area (Å²) in [6.45, 7) is 8.79. The molecule has 1 heterocycles. The molecule has 1 aromatic carbocycles. The second-order valence-electron chi connectivity index (χ2n) is 8.59. The Labute approximate surface area is 153 Å². The minimum Gasteiger partial charge on any atom is -0.494 e. The van der Waals surface area contributed by atoms with Crippen LogP contribution in [-0.4, -0.2) is 41.8 Å². The van der Waals surface area contributed by atoms with Gasteiger partial charge in [-0.05, 0) is 87.9 Å². The van der Waals surface area contributed by atoms with Gasteiger partial charge in [0.15, 0.2) is 0 Å². The maximum atomic E-state index is 10.1. The summed E-state index contributed by atoms with van der Waals surface area (Å²) in [7, 11) is 0. The van der Waals surface area contributed by atoms with E-state index < -0.39 is 5.60 Å². The molecular weight excluding hydrogens is 310 g/mol. The molecule has 0 unspecified atom stereocenters. The Morgan fingerprint density at radius 2 is 1.88 bits per heavy atom. The van der Waals surface area contributed by atoms with Crippen molar-refractivity contribution in [2.24, 2.45) is 5.92 Å². The largest absolute Gasteiger partial charge is 0.494 e.